The van der Waals surface area contributed by atoms with Crippen molar-refractivity contribution in [1.82, 2.24) is 34.6 Å². The number of amides is 5. The second-order valence-electron chi connectivity index (χ2n) is 16.2. The Balaban J connectivity index is 0.675. The third-order valence-electron chi connectivity index (χ3n) is 12.7. The molecule has 14 heteroatoms. The first kappa shape index (κ1) is 38.4. The fraction of sp³-hybridized carbons (Fsp3) is 0.400. The minimum atomic E-state index is -1.01. The maximum atomic E-state index is 13.1. The maximum absolute atomic E-state index is 13.1. The van der Waals surface area contributed by atoms with Gasteiger partial charge in [-0.05, 0) is 81.1 Å². The molecule has 1 atom stereocenters. The van der Waals surface area contributed by atoms with E-state index < -0.39 is 29.7 Å². The summed E-state index contributed by atoms with van der Waals surface area (Å²) in [5, 5.41) is 4.54. The Bertz CT molecular complexity index is 2470. The number of benzene rings is 2. The second-order valence-corrected chi connectivity index (χ2v) is 16.2. The molecule has 1 aliphatic carbocycles. The van der Waals surface area contributed by atoms with Crippen molar-refractivity contribution in [2.24, 2.45) is 7.05 Å². The summed E-state index contributed by atoms with van der Waals surface area (Å²) in [6, 6.07) is 17.1. The lowest BCUT2D eigenvalue weighted by Gasteiger charge is -2.46. The van der Waals surface area contributed by atoms with Crippen molar-refractivity contribution >= 4 is 51.3 Å². The zero-order valence-electron chi connectivity index (χ0n) is 33.3. The van der Waals surface area contributed by atoms with Gasteiger partial charge in [0.25, 0.3) is 11.8 Å². The number of hydrogen-bond donors (Lipinski definition) is 1. The smallest absolute Gasteiger partial charge is 0.262 e. The lowest BCUT2D eigenvalue weighted by atomic mass is 9.86. The molecule has 5 amide bonds. The first-order valence-electron chi connectivity index (χ1n) is 20.6. The van der Waals surface area contributed by atoms with Crippen LogP contribution in [0.5, 0.6) is 11.6 Å². The Morgan fingerprint density at radius 1 is 0.847 bits per heavy atom. The van der Waals surface area contributed by atoms with Gasteiger partial charge in [0.05, 0.1) is 23.3 Å². The van der Waals surface area contributed by atoms with Gasteiger partial charge in [0.15, 0.2) is 0 Å². The van der Waals surface area contributed by atoms with E-state index in [0.717, 1.165) is 71.2 Å². The third kappa shape index (κ3) is 7.41. The van der Waals surface area contributed by atoms with Crippen LogP contribution in [-0.2, 0) is 21.4 Å². The summed E-state index contributed by atoms with van der Waals surface area (Å²) in [6.07, 6.45) is 11.5. The molecular weight excluding hydrogens is 751 g/mol. The van der Waals surface area contributed by atoms with E-state index in [1.807, 2.05) is 35.6 Å². The standard InChI is InChI=1S/C45H47N7O7/c1-49(30-22-32(23-30)59-41-13-7-28(25-47-41)27-6-9-33-36-26-46-17-14-37(36)50(2)39(33)21-27)29-15-18-51(19-16-29)42(54)5-3-4-20-58-31-8-10-34-35(24-31)45(57)52(44(34)56)38-11-12-40(53)48-43(38)55/h6-10,13-14,17,21,24-26,29-30,32,38H,3-5,11-12,15-16,18-20,22-23H2,1-2H3,(H,48,53,55)/t30-,32-,38?. The molecule has 3 aromatic heterocycles. The fourth-order valence-corrected chi connectivity index (χ4v) is 9.08. The minimum Gasteiger partial charge on any atom is -0.494 e. The summed E-state index contributed by atoms with van der Waals surface area (Å²) in [7, 11) is 4.28. The summed E-state index contributed by atoms with van der Waals surface area (Å²) in [6.45, 7) is 1.85. The highest BCUT2D eigenvalue weighted by Gasteiger charge is 2.45. The number of piperidine rings is 2. The Kier molecular flexibility index (Phi) is 10.3. The number of hydrogen-bond acceptors (Lipinski definition) is 10. The second kappa shape index (κ2) is 15.9. The Labute approximate surface area is 341 Å². The van der Waals surface area contributed by atoms with Gasteiger partial charge >= 0.3 is 0 Å². The zero-order valence-corrected chi connectivity index (χ0v) is 33.3. The Morgan fingerprint density at radius 2 is 1.64 bits per heavy atom. The van der Waals surface area contributed by atoms with Crippen molar-refractivity contribution in [2.45, 2.75) is 82.0 Å². The van der Waals surface area contributed by atoms with Crippen molar-refractivity contribution in [1.29, 1.82) is 0 Å². The van der Waals surface area contributed by atoms with Gasteiger partial charge in [0, 0.05) is 104 Å². The molecule has 0 bridgehead atoms. The predicted octanol–water partition coefficient (Wildman–Crippen LogP) is 5.27. The van der Waals surface area contributed by atoms with Gasteiger partial charge in [-0.1, -0.05) is 12.1 Å². The van der Waals surface area contributed by atoms with Crippen LogP contribution in [0.2, 0.25) is 0 Å². The number of carbonyl (C=O) groups is 5. The molecule has 1 N–H and O–H groups in total. The summed E-state index contributed by atoms with van der Waals surface area (Å²) in [5.74, 6) is -0.944. The first-order chi connectivity index (χ1) is 28.6. The largest absolute Gasteiger partial charge is 0.494 e. The van der Waals surface area contributed by atoms with Gasteiger partial charge in [0.2, 0.25) is 23.6 Å². The van der Waals surface area contributed by atoms with Crippen molar-refractivity contribution in [3.8, 4) is 22.8 Å². The molecule has 3 aliphatic heterocycles. The number of aryl methyl sites for hydroxylation is 1. The molecule has 0 spiro atoms. The van der Waals surface area contributed by atoms with Crippen LogP contribution < -0.4 is 14.8 Å². The van der Waals surface area contributed by atoms with E-state index in [1.54, 1.807) is 6.07 Å². The van der Waals surface area contributed by atoms with Crippen LogP contribution in [0.15, 0.2) is 73.2 Å². The van der Waals surface area contributed by atoms with Gasteiger partial charge in [-0.3, -0.25) is 39.2 Å². The normalized spacial score (nSPS) is 21.0. The number of rotatable bonds is 12. The van der Waals surface area contributed by atoms with Crippen molar-refractivity contribution in [3.05, 3.63) is 84.3 Å². The zero-order chi connectivity index (χ0) is 40.8. The minimum absolute atomic E-state index is 0.0651. The lowest BCUT2D eigenvalue weighted by molar-refractivity contribution is -0.136. The van der Waals surface area contributed by atoms with Gasteiger partial charge in [-0.15, -0.1) is 0 Å². The number of pyridine rings is 2. The summed E-state index contributed by atoms with van der Waals surface area (Å²) in [5.41, 5.74) is 4.86. The first-order valence-corrected chi connectivity index (χ1v) is 20.6. The molecular formula is C45H47N7O7. The summed E-state index contributed by atoms with van der Waals surface area (Å²) in [4.78, 5) is 77.3. The summed E-state index contributed by atoms with van der Waals surface area (Å²) >= 11 is 0. The number of ether oxygens (including phenoxy) is 2. The molecule has 14 nitrogen and oxygen atoms in total. The van der Waals surface area contributed by atoms with Crippen molar-refractivity contribution in [3.63, 3.8) is 0 Å². The SMILES string of the molecule is Cn1c2ccncc2c2ccc(-c3ccc(O[C@H]4C[C@H](N(C)C5CCN(C(=O)CCCCOc6ccc7c(c6)C(=O)N(C6CCC(=O)NC6=O)C7=O)CC5)C4)nc3)cc21. The predicted molar refractivity (Wildman–Crippen MR) is 219 cm³/mol. The molecule has 3 fully saturated rings. The summed E-state index contributed by atoms with van der Waals surface area (Å²) < 4.78 is 14.3. The maximum Gasteiger partial charge on any atom is 0.262 e. The van der Waals surface area contributed by atoms with Crippen LogP contribution in [0.1, 0.15) is 78.5 Å². The van der Waals surface area contributed by atoms with Crippen LogP contribution >= 0.6 is 0 Å². The fourth-order valence-electron chi connectivity index (χ4n) is 9.08. The highest BCUT2D eigenvalue weighted by molar-refractivity contribution is 6.23. The molecule has 2 saturated heterocycles. The number of fused-ring (bicyclic) bond motifs is 4. The van der Waals surface area contributed by atoms with E-state index in [0.29, 0.717) is 49.6 Å². The molecule has 5 aromatic rings. The third-order valence-corrected chi connectivity index (χ3v) is 12.7. The molecule has 1 unspecified atom stereocenters. The number of carbonyl (C=O) groups excluding carboxylic acids is 5. The van der Waals surface area contributed by atoms with E-state index in [2.05, 4.69) is 63.1 Å². The van der Waals surface area contributed by atoms with Gasteiger partial charge in [-0.25, -0.2) is 4.98 Å². The highest BCUT2D eigenvalue weighted by Crippen LogP contribution is 2.35. The van der Waals surface area contributed by atoms with Crippen LogP contribution in [-0.4, -0.2) is 110 Å². The Hall–Kier alpha value is -6.15. The van der Waals surface area contributed by atoms with Crippen LogP contribution in [0.25, 0.3) is 32.9 Å². The van der Waals surface area contributed by atoms with Gasteiger partial charge in [-0.2, -0.15) is 0 Å². The molecule has 6 heterocycles. The van der Waals surface area contributed by atoms with Crippen molar-refractivity contribution < 1.29 is 33.4 Å². The number of nitrogens with one attached hydrogen (secondary N) is 1. The molecule has 0 radical (unpaired) electrons. The molecule has 1 saturated carbocycles. The number of imide groups is 2. The van der Waals surface area contributed by atoms with E-state index in [-0.39, 0.29) is 36.0 Å². The Morgan fingerprint density at radius 3 is 2.42 bits per heavy atom. The van der Waals surface area contributed by atoms with Crippen LogP contribution in [0.3, 0.4) is 0 Å². The number of unbranched alkanes of at least 4 members (excludes halogenated alkanes) is 1. The average Bonchev–Trinajstić information content (AvgIpc) is 3.66. The van der Waals surface area contributed by atoms with Crippen molar-refractivity contribution in [2.75, 3.05) is 26.7 Å². The number of nitrogens with zero attached hydrogens (tertiary/aromatic N) is 6. The molecule has 2 aromatic carbocycles. The average molecular weight is 798 g/mol. The van der Waals surface area contributed by atoms with E-state index >= 15 is 0 Å². The highest BCUT2D eigenvalue weighted by atomic mass is 16.5. The van der Waals surface area contributed by atoms with Crippen LogP contribution in [0.4, 0.5) is 0 Å². The van der Waals surface area contributed by atoms with E-state index in [9.17, 15) is 24.0 Å². The van der Waals surface area contributed by atoms with E-state index in [4.69, 9.17) is 9.47 Å². The molecule has 59 heavy (non-hydrogen) atoms. The quantitative estimate of drug-likeness (QED) is 0.130. The molecule has 304 valence electrons. The topological polar surface area (TPSA) is 156 Å². The monoisotopic (exact) mass is 797 g/mol. The lowest BCUT2D eigenvalue weighted by Crippen LogP contribution is -2.54. The number of likely N-dealkylation sites (tertiary alicyclic amines) is 1. The number of aromatic nitrogens is 3. The van der Waals surface area contributed by atoms with Gasteiger partial charge in [0.1, 0.15) is 17.9 Å². The molecule has 9 rings (SSSR count). The van der Waals surface area contributed by atoms with Crippen LogP contribution in [0, 0.1) is 0 Å². The molecule has 4 aliphatic rings. The van der Waals surface area contributed by atoms with E-state index in [1.165, 1.54) is 17.5 Å². The van der Waals surface area contributed by atoms with Gasteiger partial charge < -0.3 is 23.8 Å².